The van der Waals surface area contributed by atoms with E-state index in [4.69, 9.17) is 11.6 Å². The highest BCUT2D eigenvalue weighted by Gasteiger charge is 2.41. The number of hydrogen-bond acceptors (Lipinski definition) is 6. The third-order valence-corrected chi connectivity index (χ3v) is 8.26. The standard InChI is InChI=1S/C21H16ClN3O6S2/c22-17-6-2-3-7-18(17)24-32(28,29)15-11-9-14(10-12-15)23-20(26)13-25-21(27)16-5-1-4-8-19(16)33(25,30)31/h1-12,24H,13H2,(H,23,26). The first-order valence-corrected chi connectivity index (χ1v) is 12.7. The molecule has 2 N–H and O–H groups in total. The molecule has 0 saturated carbocycles. The van der Waals surface area contributed by atoms with Gasteiger partial charge in [0.25, 0.3) is 26.0 Å². The maximum absolute atomic E-state index is 12.6. The summed E-state index contributed by atoms with van der Waals surface area (Å²) in [5, 5.41) is 2.69. The van der Waals surface area contributed by atoms with Crippen molar-refractivity contribution < 1.29 is 26.4 Å². The molecule has 1 aliphatic rings. The molecule has 0 aromatic heterocycles. The average molecular weight is 506 g/mol. The number of amides is 2. The number of halogens is 1. The number of carbonyl (C=O) groups is 2. The van der Waals surface area contributed by atoms with Crippen molar-refractivity contribution in [1.29, 1.82) is 0 Å². The van der Waals surface area contributed by atoms with Crippen LogP contribution in [0.1, 0.15) is 10.4 Å². The molecule has 0 radical (unpaired) electrons. The highest BCUT2D eigenvalue weighted by atomic mass is 35.5. The number of carbonyl (C=O) groups excluding carboxylic acids is 2. The van der Waals surface area contributed by atoms with Gasteiger partial charge in [-0.05, 0) is 48.5 Å². The van der Waals surface area contributed by atoms with Crippen molar-refractivity contribution in [2.24, 2.45) is 0 Å². The fourth-order valence-corrected chi connectivity index (χ4v) is 6.03. The van der Waals surface area contributed by atoms with Crippen molar-refractivity contribution in [3.05, 3.63) is 83.4 Å². The van der Waals surface area contributed by atoms with Crippen LogP contribution < -0.4 is 10.0 Å². The molecule has 1 heterocycles. The van der Waals surface area contributed by atoms with Gasteiger partial charge in [-0.25, -0.2) is 21.1 Å². The zero-order chi connectivity index (χ0) is 23.8. The van der Waals surface area contributed by atoms with Gasteiger partial charge in [-0.2, -0.15) is 0 Å². The smallest absolute Gasteiger partial charge is 0.269 e. The second-order valence-electron chi connectivity index (χ2n) is 6.97. The Morgan fingerprint density at radius 1 is 0.939 bits per heavy atom. The number of sulfonamides is 2. The van der Waals surface area contributed by atoms with Gasteiger partial charge >= 0.3 is 0 Å². The van der Waals surface area contributed by atoms with E-state index in [2.05, 4.69) is 10.0 Å². The molecule has 0 unspecified atom stereocenters. The Balaban J connectivity index is 1.45. The lowest BCUT2D eigenvalue weighted by molar-refractivity contribution is -0.116. The molecule has 0 atom stereocenters. The van der Waals surface area contributed by atoms with Gasteiger partial charge < -0.3 is 5.32 Å². The van der Waals surface area contributed by atoms with E-state index in [0.29, 0.717) is 4.31 Å². The lowest BCUT2D eigenvalue weighted by Gasteiger charge is -2.15. The summed E-state index contributed by atoms with van der Waals surface area (Å²) >= 11 is 5.98. The number of fused-ring (bicyclic) bond motifs is 1. The van der Waals surface area contributed by atoms with Gasteiger partial charge in [0, 0.05) is 5.69 Å². The van der Waals surface area contributed by atoms with Crippen LogP contribution in [0.4, 0.5) is 11.4 Å². The SMILES string of the molecule is O=C(CN1C(=O)c2ccccc2S1(=O)=O)Nc1ccc(S(=O)(=O)Nc2ccccc2Cl)cc1. The van der Waals surface area contributed by atoms with Crippen LogP contribution in [-0.2, 0) is 24.8 Å². The Kier molecular flexibility index (Phi) is 5.87. The van der Waals surface area contributed by atoms with Gasteiger partial charge in [-0.15, -0.1) is 0 Å². The molecule has 4 rings (SSSR count). The zero-order valence-corrected chi connectivity index (χ0v) is 19.1. The van der Waals surface area contributed by atoms with Crippen LogP contribution in [-0.4, -0.2) is 39.5 Å². The second kappa shape index (κ2) is 8.50. The van der Waals surface area contributed by atoms with Gasteiger partial charge in [0.05, 0.1) is 21.2 Å². The number of benzene rings is 3. The molecule has 0 spiro atoms. The molecule has 0 saturated heterocycles. The van der Waals surface area contributed by atoms with E-state index in [-0.39, 0.29) is 31.8 Å². The Bertz CT molecular complexity index is 1470. The van der Waals surface area contributed by atoms with Crippen molar-refractivity contribution in [3.63, 3.8) is 0 Å². The first kappa shape index (κ1) is 22.8. The van der Waals surface area contributed by atoms with Crippen molar-refractivity contribution in [2.75, 3.05) is 16.6 Å². The molecular weight excluding hydrogens is 490 g/mol. The van der Waals surface area contributed by atoms with E-state index in [0.717, 1.165) is 0 Å². The normalized spacial score (nSPS) is 14.6. The minimum absolute atomic E-state index is 0.00544. The molecular formula is C21H16ClN3O6S2. The fourth-order valence-electron chi connectivity index (χ4n) is 3.18. The number of rotatable bonds is 6. The molecule has 12 heteroatoms. The lowest BCUT2D eigenvalue weighted by Crippen LogP contribution is -2.37. The Hall–Kier alpha value is -3.41. The summed E-state index contributed by atoms with van der Waals surface area (Å²) in [4.78, 5) is 24.6. The molecule has 3 aromatic rings. The number of para-hydroxylation sites is 1. The molecule has 0 aliphatic carbocycles. The van der Waals surface area contributed by atoms with E-state index in [9.17, 15) is 26.4 Å². The quantitative estimate of drug-likeness (QED) is 0.529. The van der Waals surface area contributed by atoms with E-state index in [1.165, 1.54) is 54.6 Å². The van der Waals surface area contributed by atoms with Crippen LogP contribution in [0, 0.1) is 0 Å². The van der Waals surface area contributed by atoms with Crippen LogP contribution in [0.3, 0.4) is 0 Å². The van der Waals surface area contributed by atoms with E-state index in [1.807, 2.05) is 0 Å². The largest absolute Gasteiger partial charge is 0.325 e. The van der Waals surface area contributed by atoms with Gasteiger partial charge in [0.2, 0.25) is 5.91 Å². The first-order valence-electron chi connectivity index (χ1n) is 9.43. The first-order chi connectivity index (χ1) is 15.6. The second-order valence-corrected chi connectivity index (χ2v) is 10.9. The van der Waals surface area contributed by atoms with Crippen LogP contribution in [0.15, 0.2) is 82.6 Å². The molecule has 33 heavy (non-hydrogen) atoms. The van der Waals surface area contributed by atoms with Crippen LogP contribution in [0.5, 0.6) is 0 Å². The van der Waals surface area contributed by atoms with E-state index < -0.39 is 38.4 Å². The third-order valence-electron chi connectivity index (χ3n) is 4.77. The van der Waals surface area contributed by atoms with Gasteiger partial charge in [0.15, 0.2) is 0 Å². The van der Waals surface area contributed by atoms with Crippen molar-refractivity contribution >= 4 is 54.8 Å². The predicted octanol–water partition coefficient (Wildman–Crippen LogP) is 2.92. The van der Waals surface area contributed by atoms with Crippen molar-refractivity contribution in [3.8, 4) is 0 Å². The van der Waals surface area contributed by atoms with Gasteiger partial charge in [0.1, 0.15) is 11.4 Å². The Labute approximate surface area is 195 Å². The summed E-state index contributed by atoms with van der Waals surface area (Å²) in [5.41, 5.74) is 0.443. The maximum atomic E-state index is 12.6. The minimum Gasteiger partial charge on any atom is -0.325 e. The summed E-state index contributed by atoms with van der Waals surface area (Å²) in [5.74, 6) is -1.54. The molecule has 0 bridgehead atoms. The molecule has 0 fully saturated rings. The molecule has 2 amide bonds. The van der Waals surface area contributed by atoms with Gasteiger partial charge in [-0.1, -0.05) is 35.9 Å². The van der Waals surface area contributed by atoms with Crippen LogP contribution in [0.2, 0.25) is 5.02 Å². The third kappa shape index (κ3) is 4.42. The van der Waals surface area contributed by atoms with Crippen LogP contribution >= 0.6 is 11.6 Å². The minimum atomic E-state index is -4.12. The highest BCUT2D eigenvalue weighted by Crippen LogP contribution is 2.30. The van der Waals surface area contributed by atoms with E-state index in [1.54, 1.807) is 18.2 Å². The summed E-state index contributed by atoms with van der Waals surface area (Å²) < 4.78 is 53.1. The van der Waals surface area contributed by atoms with E-state index >= 15 is 0 Å². The lowest BCUT2D eigenvalue weighted by atomic mass is 10.2. The summed E-state index contributed by atoms with van der Waals surface area (Å²) in [6, 6.07) is 17.3. The molecule has 1 aliphatic heterocycles. The summed E-state index contributed by atoms with van der Waals surface area (Å²) in [6.07, 6.45) is 0. The molecule has 170 valence electrons. The number of nitrogens with zero attached hydrogens (tertiary/aromatic N) is 1. The topological polar surface area (TPSA) is 130 Å². The highest BCUT2D eigenvalue weighted by molar-refractivity contribution is 7.92. The zero-order valence-electron chi connectivity index (χ0n) is 16.7. The Morgan fingerprint density at radius 3 is 2.24 bits per heavy atom. The molecule has 3 aromatic carbocycles. The summed E-state index contributed by atoms with van der Waals surface area (Å²) in [7, 11) is -8.05. The average Bonchev–Trinajstić information content (AvgIpc) is 2.96. The predicted molar refractivity (Wildman–Crippen MR) is 122 cm³/mol. The van der Waals surface area contributed by atoms with Crippen molar-refractivity contribution in [2.45, 2.75) is 9.79 Å². The summed E-state index contributed by atoms with van der Waals surface area (Å²) in [6.45, 7) is -0.718. The number of nitrogens with one attached hydrogen (secondary N) is 2. The fraction of sp³-hybridized carbons (Fsp3) is 0.0476. The number of hydrogen-bond donors (Lipinski definition) is 2. The Morgan fingerprint density at radius 2 is 1.58 bits per heavy atom. The number of anilines is 2. The van der Waals surface area contributed by atoms with Crippen LogP contribution in [0.25, 0.3) is 0 Å². The molecule has 9 nitrogen and oxygen atoms in total. The monoisotopic (exact) mass is 505 g/mol. The maximum Gasteiger partial charge on any atom is 0.269 e. The van der Waals surface area contributed by atoms with Gasteiger partial charge in [-0.3, -0.25) is 14.3 Å². The van der Waals surface area contributed by atoms with Crippen molar-refractivity contribution in [1.82, 2.24) is 4.31 Å².